The van der Waals surface area contributed by atoms with E-state index in [0.29, 0.717) is 24.7 Å². The number of carbonyl (C=O) groups is 1. The fourth-order valence-electron chi connectivity index (χ4n) is 1.50. The standard InChI is InChI=1S/C12H16O4/c1-8(14)11(15)6-5-9-3-2-4-12(16)10(9)7-13/h2-4,7-8,11,14-16H,5-6H2,1H3/t8-,11-/m1/s1. The molecule has 0 unspecified atom stereocenters. The molecule has 88 valence electrons. The van der Waals surface area contributed by atoms with Gasteiger partial charge in [-0.25, -0.2) is 0 Å². The van der Waals surface area contributed by atoms with Gasteiger partial charge < -0.3 is 15.3 Å². The van der Waals surface area contributed by atoms with Gasteiger partial charge in [0.2, 0.25) is 0 Å². The van der Waals surface area contributed by atoms with Gasteiger partial charge in [0.25, 0.3) is 0 Å². The van der Waals surface area contributed by atoms with Gasteiger partial charge in [-0.3, -0.25) is 4.79 Å². The van der Waals surface area contributed by atoms with Crippen molar-refractivity contribution in [2.45, 2.75) is 32.0 Å². The summed E-state index contributed by atoms with van der Waals surface area (Å²) in [6, 6.07) is 4.81. The van der Waals surface area contributed by atoms with E-state index in [0.717, 1.165) is 0 Å². The number of carbonyl (C=O) groups excluding carboxylic acids is 1. The molecule has 0 bridgehead atoms. The van der Waals surface area contributed by atoms with Crippen LogP contribution >= 0.6 is 0 Å². The summed E-state index contributed by atoms with van der Waals surface area (Å²) in [5.41, 5.74) is 0.926. The van der Waals surface area contributed by atoms with E-state index >= 15 is 0 Å². The molecule has 1 rings (SSSR count). The van der Waals surface area contributed by atoms with Crippen LogP contribution in [0.5, 0.6) is 5.75 Å². The van der Waals surface area contributed by atoms with Crippen molar-refractivity contribution >= 4 is 6.29 Å². The molecule has 0 aliphatic heterocycles. The number of phenolic OH excluding ortho intramolecular Hbond substituents is 1. The second-order valence-corrected chi connectivity index (χ2v) is 3.81. The number of hydrogen-bond donors (Lipinski definition) is 3. The van der Waals surface area contributed by atoms with Crippen molar-refractivity contribution in [3.05, 3.63) is 29.3 Å². The molecule has 0 aliphatic rings. The van der Waals surface area contributed by atoms with E-state index in [1.165, 1.54) is 13.0 Å². The number of phenols is 1. The van der Waals surface area contributed by atoms with Crippen molar-refractivity contribution in [1.29, 1.82) is 0 Å². The smallest absolute Gasteiger partial charge is 0.154 e. The lowest BCUT2D eigenvalue weighted by atomic mass is 9.99. The Morgan fingerprint density at radius 3 is 2.62 bits per heavy atom. The van der Waals surface area contributed by atoms with Crippen LogP contribution in [0.1, 0.15) is 29.3 Å². The summed E-state index contributed by atoms with van der Waals surface area (Å²) in [4.78, 5) is 10.8. The van der Waals surface area contributed by atoms with Crippen LogP contribution in [0.3, 0.4) is 0 Å². The van der Waals surface area contributed by atoms with Crippen LogP contribution in [0.2, 0.25) is 0 Å². The molecule has 0 aromatic heterocycles. The van der Waals surface area contributed by atoms with Crippen LogP contribution in [0.25, 0.3) is 0 Å². The van der Waals surface area contributed by atoms with Crippen LogP contribution < -0.4 is 0 Å². The first kappa shape index (κ1) is 12.7. The number of aliphatic hydroxyl groups excluding tert-OH is 2. The monoisotopic (exact) mass is 224 g/mol. The molecule has 1 aromatic carbocycles. The first-order valence-corrected chi connectivity index (χ1v) is 5.18. The molecule has 0 fully saturated rings. The quantitative estimate of drug-likeness (QED) is 0.649. The largest absolute Gasteiger partial charge is 0.507 e. The van der Waals surface area contributed by atoms with Gasteiger partial charge in [-0.2, -0.15) is 0 Å². The third kappa shape index (κ3) is 3.05. The average molecular weight is 224 g/mol. The molecule has 0 radical (unpaired) electrons. The minimum Gasteiger partial charge on any atom is -0.507 e. The zero-order chi connectivity index (χ0) is 12.1. The second-order valence-electron chi connectivity index (χ2n) is 3.81. The molecular weight excluding hydrogens is 208 g/mol. The van der Waals surface area contributed by atoms with Crippen molar-refractivity contribution in [3.8, 4) is 5.75 Å². The van der Waals surface area contributed by atoms with Crippen molar-refractivity contribution < 1.29 is 20.1 Å². The Hall–Kier alpha value is -1.39. The number of aldehydes is 1. The minimum absolute atomic E-state index is 0.0564. The highest BCUT2D eigenvalue weighted by molar-refractivity contribution is 5.81. The minimum atomic E-state index is -0.818. The predicted molar refractivity (Wildman–Crippen MR) is 59.5 cm³/mol. The van der Waals surface area contributed by atoms with E-state index in [4.69, 9.17) is 5.11 Å². The normalized spacial score (nSPS) is 14.4. The number of aryl methyl sites for hydroxylation is 1. The van der Waals surface area contributed by atoms with Crippen LogP contribution in [0.15, 0.2) is 18.2 Å². The topological polar surface area (TPSA) is 77.8 Å². The zero-order valence-corrected chi connectivity index (χ0v) is 9.13. The number of benzene rings is 1. The van der Waals surface area contributed by atoms with Crippen LogP contribution in [0, 0.1) is 0 Å². The number of aromatic hydroxyl groups is 1. The van der Waals surface area contributed by atoms with Gasteiger partial charge in [-0.05, 0) is 31.4 Å². The van der Waals surface area contributed by atoms with Gasteiger partial charge in [0.15, 0.2) is 6.29 Å². The SMILES string of the molecule is C[C@@H](O)[C@H](O)CCc1cccc(O)c1C=O. The Bertz CT molecular complexity index is 360. The summed E-state index contributed by atoms with van der Waals surface area (Å²) < 4.78 is 0. The highest BCUT2D eigenvalue weighted by Gasteiger charge is 2.13. The van der Waals surface area contributed by atoms with Crippen molar-refractivity contribution in [1.82, 2.24) is 0 Å². The molecule has 2 atom stereocenters. The van der Waals surface area contributed by atoms with Gasteiger partial charge in [-0.15, -0.1) is 0 Å². The van der Waals surface area contributed by atoms with E-state index in [1.54, 1.807) is 12.1 Å². The van der Waals surface area contributed by atoms with Gasteiger partial charge in [0.1, 0.15) is 5.75 Å². The molecule has 0 spiro atoms. The lowest BCUT2D eigenvalue weighted by molar-refractivity contribution is 0.0265. The van der Waals surface area contributed by atoms with Crippen molar-refractivity contribution in [2.75, 3.05) is 0 Å². The van der Waals surface area contributed by atoms with E-state index < -0.39 is 12.2 Å². The van der Waals surface area contributed by atoms with Gasteiger partial charge in [0, 0.05) is 0 Å². The molecule has 0 aliphatic carbocycles. The Morgan fingerprint density at radius 2 is 2.06 bits per heavy atom. The van der Waals surface area contributed by atoms with Crippen LogP contribution in [-0.2, 0) is 6.42 Å². The van der Waals surface area contributed by atoms with Crippen LogP contribution in [0.4, 0.5) is 0 Å². The van der Waals surface area contributed by atoms with E-state index in [9.17, 15) is 15.0 Å². The van der Waals surface area contributed by atoms with Gasteiger partial charge in [0.05, 0.1) is 17.8 Å². The summed E-state index contributed by atoms with van der Waals surface area (Å²) in [6.45, 7) is 1.51. The average Bonchev–Trinajstić information content (AvgIpc) is 2.25. The third-order valence-corrected chi connectivity index (χ3v) is 2.56. The molecule has 0 heterocycles. The molecule has 1 aromatic rings. The summed E-state index contributed by atoms with van der Waals surface area (Å²) in [5, 5.41) is 28.0. The summed E-state index contributed by atoms with van der Waals surface area (Å²) in [7, 11) is 0. The summed E-state index contributed by atoms with van der Waals surface area (Å²) in [5.74, 6) is -0.0564. The second kappa shape index (κ2) is 5.63. The first-order chi connectivity index (χ1) is 7.56. The molecule has 0 amide bonds. The molecule has 4 heteroatoms. The first-order valence-electron chi connectivity index (χ1n) is 5.18. The maximum absolute atomic E-state index is 10.8. The fraction of sp³-hybridized carbons (Fsp3) is 0.417. The molecular formula is C12H16O4. The van der Waals surface area contributed by atoms with Crippen molar-refractivity contribution in [2.24, 2.45) is 0 Å². The molecule has 0 saturated carbocycles. The Kier molecular flexibility index (Phi) is 4.46. The fourth-order valence-corrected chi connectivity index (χ4v) is 1.50. The summed E-state index contributed by atoms with van der Waals surface area (Å²) >= 11 is 0. The number of rotatable bonds is 5. The number of hydrogen-bond acceptors (Lipinski definition) is 4. The van der Waals surface area contributed by atoms with E-state index in [1.807, 2.05) is 0 Å². The highest BCUT2D eigenvalue weighted by Crippen LogP contribution is 2.20. The van der Waals surface area contributed by atoms with E-state index in [2.05, 4.69) is 0 Å². The van der Waals surface area contributed by atoms with E-state index in [-0.39, 0.29) is 11.3 Å². The maximum Gasteiger partial charge on any atom is 0.154 e. The molecule has 3 N–H and O–H groups in total. The Morgan fingerprint density at radius 1 is 1.38 bits per heavy atom. The lowest BCUT2D eigenvalue weighted by Gasteiger charge is -2.14. The highest BCUT2D eigenvalue weighted by atomic mass is 16.3. The predicted octanol–water partition coefficient (Wildman–Crippen LogP) is 0.879. The van der Waals surface area contributed by atoms with Gasteiger partial charge >= 0.3 is 0 Å². The molecule has 16 heavy (non-hydrogen) atoms. The maximum atomic E-state index is 10.8. The molecule has 0 saturated heterocycles. The Balaban J connectivity index is 2.74. The zero-order valence-electron chi connectivity index (χ0n) is 9.13. The van der Waals surface area contributed by atoms with Crippen LogP contribution in [-0.4, -0.2) is 33.8 Å². The molecule has 4 nitrogen and oxygen atoms in total. The van der Waals surface area contributed by atoms with Crippen molar-refractivity contribution in [3.63, 3.8) is 0 Å². The van der Waals surface area contributed by atoms with Gasteiger partial charge in [-0.1, -0.05) is 12.1 Å². The Labute approximate surface area is 94.2 Å². The third-order valence-electron chi connectivity index (χ3n) is 2.56. The number of aliphatic hydroxyl groups is 2. The lowest BCUT2D eigenvalue weighted by Crippen LogP contribution is -2.23. The summed E-state index contributed by atoms with van der Waals surface area (Å²) in [6.07, 6.45) is -0.227.